The van der Waals surface area contributed by atoms with Crippen LogP contribution in [0.4, 0.5) is 0 Å². The fraction of sp³-hybridized carbons (Fsp3) is 0.625. The minimum atomic E-state index is -0.720. The Morgan fingerprint density at radius 2 is 1.87 bits per heavy atom. The van der Waals surface area contributed by atoms with Crippen molar-refractivity contribution in [3.63, 3.8) is 0 Å². The van der Waals surface area contributed by atoms with E-state index in [1.54, 1.807) is 7.11 Å². The van der Waals surface area contributed by atoms with E-state index < -0.39 is 17.1 Å². The third-order valence-corrected chi connectivity index (χ3v) is 12.1. The normalized spacial score (nSPS) is 40.9. The molecule has 4 bridgehead atoms. The number of hydrogen-bond acceptors (Lipinski definition) is 6. The van der Waals surface area contributed by atoms with Gasteiger partial charge >= 0.3 is 0 Å². The van der Waals surface area contributed by atoms with Crippen molar-refractivity contribution in [1.29, 1.82) is 0 Å². The lowest BCUT2D eigenvalue weighted by Gasteiger charge is -2.76. The Morgan fingerprint density at radius 3 is 2.58 bits per heavy atom. The number of likely N-dealkylation sites (tertiary alicyclic amines) is 1. The van der Waals surface area contributed by atoms with Crippen molar-refractivity contribution in [2.45, 2.75) is 81.1 Å². The molecule has 0 unspecified atom stereocenters. The van der Waals surface area contributed by atoms with Gasteiger partial charge in [0, 0.05) is 41.5 Å². The van der Waals surface area contributed by atoms with Gasteiger partial charge in [0.1, 0.15) is 17.5 Å². The molecule has 2 spiro atoms. The minimum Gasteiger partial charge on any atom is -0.504 e. The molecule has 7 aliphatic rings. The second-order valence-electron chi connectivity index (χ2n) is 13.3. The van der Waals surface area contributed by atoms with Gasteiger partial charge in [0.15, 0.2) is 11.5 Å². The van der Waals surface area contributed by atoms with Crippen LogP contribution in [0.3, 0.4) is 0 Å². The highest BCUT2D eigenvalue weighted by atomic mass is 16.6. The second-order valence-corrected chi connectivity index (χ2v) is 13.3. The van der Waals surface area contributed by atoms with Crippen LogP contribution in [0, 0.1) is 16.7 Å². The lowest BCUT2D eigenvalue weighted by molar-refractivity contribution is -0.324. The smallest absolute Gasteiger partial charge is 0.165 e. The summed E-state index contributed by atoms with van der Waals surface area (Å²) < 4.78 is 19.0. The Balaban J connectivity index is 1.33. The van der Waals surface area contributed by atoms with Crippen LogP contribution in [-0.2, 0) is 16.6 Å². The Kier molecular flexibility index (Phi) is 4.64. The maximum atomic E-state index is 12.2. The van der Waals surface area contributed by atoms with Gasteiger partial charge < -0.3 is 24.4 Å². The Hall–Kier alpha value is -2.28. The first-order valence-corrected chi connectivity index (χ1v) is 14.5. The molecule has 5 fully saturated rings. The molecule has 6 nitrogen and oxygen atoms in total. The molecular formula is C32H39NO5. The van der Waals surface area contributed by atoms with Crippen molar-refractivity contribution in [1.82, 2.24) is 4.90 Å². The molecule has 7 atom stereocenters. The van der Waals surface area contributed by atoms with Gasteiger partial charge in [-0.05, 0) is 86.7 Å². The Labute approximate surface area is 224 Å². The summed E-state index contributed by atoms with van der Waals surface area (Å²) in [5.74, 6) is 2.53. The van der Waals surface area contributed by atoms with E-state index in [1.807, 2.05) is 37.4 Å². The summed E-state index contributed by atoms with van der Waals surface area (Å²) in [6.07, 6.45) is 6.53. The molecule has 9 rings (SSSR count). The summed E-state index contributed by atoms with van der Waals surface area (Å²) in [4.78, 5) is 2.80. The van der Waals surface area contributed by atoms with Crippen LogP contribution in [0.25, 0.3) is 0 Å². The fourth-order valence-corrected chi connectivity index (χ4v) is 10.4. The number of rotatable bonds is 6. The highest BCUT2D eigenvalue weighted by Crippen LogP contribution is 2.80. The van der Waals surface area contributed by atoms with Crippen LogP contribution >= 0.6 is 0 Å². The van der Waals surface area contributed by atoms with Gasteiger partial charge in [-0.1, -0.05) is 25.1 Å². The molecule has 6 heteroatoms. The number of piperidine rings is 1. The average molecular weight is 518 g/mol. The first-order valence-electron chi connectivity index (χ1n) is 14.5. The molecule has 4 saturated carbocycles. The highest BCUT2D eigenvalue weighted by molar-refractivity contribution is 5.63. The molecule has 2 N–H and O–H groups in total. The lowest BCUT2D eigenvalue weighted by atomic mass is 9.31. The maximum absolute atomic E-state index is 12.2. The number of phenolic OH excluding ortho intramolecular Hbond substituents is 1. The molecule has 0 amide bonds. The summed E-state index contributed by atoms with van der Waals surface area (Å²) in [6, 6.07) is 12.2. The van der Waals surface area contributed by atoms with Gasteiger partial charge in [-0.3, -0.25) is 4.90 Å². The van der Waals surface area contributed by atoms with E-state index in [0.717, 1.165) is 55.9 Å². The molecular weight excluding hydrogens is 478 g/mol. The highest BCUT2D eigenvalue weighted by Gasteiger charge is 2.84. The number of nitrogens with zero attached hydrogens (tertiary/aromatic N) is 1. The van der Waals surface area contributed by atoms with Gasteiger partial charge in [-0.25, -0.2) is 0 Å². The molecule has 1 saturated heterocycles. The molecule has 0 radical (unpaired) electrons. The van der Waals surface area contributed by atoms with Crippen LogP contribution in [0.5, 0.6) is 17.2 Å². The van der Waals surface area contributed by atoms with Gasteiger partial charge in [0.25, 0.3) is 0 Å². The van der Waals surface area contributed by atoms with E-state index >= 15 is 0 Å². The van der Waals surface area contributed by atoms with E-state index in [2.05, 4.69) is 17.9 Å². The molecule has 2 heterocycles. The van der Waals surface area contributed by atoms with Crippen LogP contribution < -0.4 is 9.47 Å². The largest absolute Gasteiger partial charge is 0.504 e. The van der Waals surface area contributed by atoms with E-state index in [9.17, 15) is 10.2 Å². The van der Waals surface area contributed by atoms with Gasteiger partial charge in [-0.15, -0.1) is 0 Å². The summed E-state index contributed by atoms with van der Waals surface area (Å²) in [6.45, 7) is 4.48. The Bertz CT molecular complexity index is 1310. The number of aliphatic hydroxyl groups is 1. The summed E-state index contributed by atoms with van der Waals surface area (Å²) in [5.41, 5.74) is 1.99. The molecule has 2 aromatic rings. The number of hydrogen-bond donors (Lipinski definition) is 2. The van der Waals surface area contributed by atoms with Gasteiger partial charge in [0.2, 0.25) is 0 Å². The third kappa shape index (κ3) is 2.52. The fourth-order valence-electron chi connectivity index (χ4n) is 10.4. The van der Waals surface area contributed by atoms with Crippen molar-refractivity contribution in [2.24, 2.45) is 16.7 Å². The van der Waals surface area contributed by atoms with Crippen molar-refractivity contribution in [3.05, 3.63) is 53.1 Å². The standard InChI is InChI=1S/C32H39NO5/c1-29(27(35)20-6-9-22(36-2)10-7-20)18-30-12-13-32(29,37-3)28-31(30)14-15-33(17-19-4-5-19)24(30)16-21-8-11-23(34)26(38-28)25(21)31/h6-11,19,24,27-28,34-35H,4-5,12-18H2,1-3H3/t24-,27+,28-,29-,30-,31+,32+/m1/s1. The zero-order valence-electron chi connectivity index (χ0n) is 22.7. The lowest BCUT2D eigenvalue weighted by Crippen LogP contribution is -2.83. The first-order chi connectivity index (χ1) is 18.3. The predicted octanol–water partition coefficient (Wildman–Crippen LogP) is 4.75. The van der Waals surface area contributed by atoms with E-state index in [0.29, 0.717) is 11.8 Å². The zero-order chi connectivity index (χ0) is 26.1. The van der Waals surface area contributed by atoms with Crippen LogP contribution in [-0.4, -0.2) is 60.2 Å². The van der Waals surface area contributed by atoms with Crippen LogP contribution in [0.15, 0.2) is 36.4 Å². The SMILES string of the molecule is COc1ccc([C@H](O)[C@@]2(C)C[C@@]34CC[C@]2(OC)[C@@H]2Oc5c(O)ccc6c5[C@@]23CCN(CC2CC2)[C@@H]4C6)cc1. The number of benzene rings is 2. The molecule has 5 aliphatic carbocycles. The van der Waals surface area contributed by atoms with Crippen LogP contribution in [0.2, 0.25) is 0 Å². The number of ether oxygens (including phenoxy) is 3. The number of phenols is 1. The molecule has 38 heavy (non-hydrogen) atoms. The second kappa shape index (κ2) is 7.47. The first kappa shape index (κ1) is 23.6. The average Bonchev–Trinajstić information content (AvgIpc) is 3.68. The van der Waals surface area contributed by atoms with Crippen molar-refractivity contribution >= 4 is 0 Å². The van der Waals surface area contributed by atoms with Gasteiger partial charge in [0.05, 0.1) is 13.2 Å². The predicted molar refractivity (Wildman–Crippen MR) is 143 cm³/mol. The van der Waals surface area contributed by atoms with E-state index in [1.165, 1.54) is 30.5 Å². The minimum absolute atomic E-state index is 0.0423. The molecule has 2 aliphatic heterocycles. The van der Waals surface area contributed by atoms with Gasteiger partial charge in [-0.2, -0.15) is 0 Å². The van der Waals surface area contributed by atoms with E-state index in [-0.39, 0.29) is 22.7 Å². The molecule has 202 valence electrons. The van der Waals surface area contributed by atoms with Crippen molar-refractivity contribution in [2.75, 3.05) is 27.3 Å². The summed E-state index contributed by atoms with van der Waals surface area (Å²) >= 11 is 0. The van der Waals surface area contributed by atoms with Crippen LogP contribution in [0.1, 0.15) is 68.2 Å². The van der Waals surface area contributed by atoms with E-state index in [4.69, 9.17) is 14.2 Å². The number of aliphatic hydroxyl groups excluding tert-OH is 1. The van der Waals surface area contributed by atoms with Crippen molar-refractivity contribution < 1.29 is 24.4 Å². The quantitative estimate of drug-likeness (QED) is 0.576. The topological polar surface area (TPSA) is 71.4 Å². The monoisotopic (exact) mass is 517 g/mol. The van der Waals surface area contributed by atoms with Crippen molar-refractivity contribution in [3.8, 4) is 17.2 Å². The molecule has 2 aromatic carbocycles. The third-order valence-electron chi connectivity index (χ3n) is 12.1. The number of methoxy groups -OCH3 is 2. The summed E-state index contributed by atoms with van der Waals surface area (Å²) in [5, 5.41) is 23.3. The zero-order valence-corrected chi connectivity index (χ0v) is 22.7. The summed E-state index contributed by atoms with van der Waals surface area (Å²) in [7, 11) is 3.48. The molecule has 0 aromatic heterocycles. The number of aromatic hydroxyl groups is 1. The number of fused-ring (bicyclic) bond motifs is 2. The Morgan fingerprint density at radius 1 is 1.08 bits per heavy atom. The maximum Gasteiger partial charge on any atom is 0.165 e.